The summed E-state index contributed by atoms with van der Waals surface area (Å²) in [6, 6.07) is 11.0. The Morgan fingerprint density at radius 2 is 1.60 bits per heavy atom. The van der Waals surface area contributed by atoms with E-state index in [4.69, 9.17) is 23.2 Å². The zero-order valence-corrected chi connectivity index (χ0v) is 16.1. The molecular formula is C17H18Cl2N2O3S. The van der Waals surface area contributed by atoms with E-state index in [1.54, 1.807) is 18.2 Å². The van der Waals surface area contributed by atoms with E-state index in [9.17, 15) is 13.2 Å². The Morgan fingerprint density at radius 1 is 1.04 bits per heavy atom. The average Bonchev–Trinajstić information content (AvgIpc) is 2.53. The Labute approximate surface area is 157 Å². The molecule has 25 heavy (non-hydrogen) atoms. The number of nitrogens with zero attached hydrogens (tertiary/aromatic N) is 1. The number of amides is 1. The van der Waals surface area contributed by atoms with E-state index in [1.807, 2.05) is 0 Å². The zero-order valence-electron chi connectivity index (χ0n) is 13.8. The predicted molar refractivity (Wildman–Crippen MR) is 99.8 cm³/mol. The van der Waals surface area contributed by atoms with Crippen molar-refractivity contribution >= 4 is 39.1 Å². The van der Waals surface area contributed by atoms with E-state index >= 15 is 0 Å². The first-order chi connectivity index (χ1) is 11.7. The maximum Gasteiger partial charge on any atom is 0.251 e. The topological polar surface area (TPSA) is 66.5 Å². The normalized spacial score (nSPS) is 11.6. The first-order valence-corrected chi connectivity index (χ1v) is 9.65. The Balaban J connectivity index is 1.97. The van der Waals surface area contributed by atoms with Crippen LogP contribution in [-0.2, 0) is 16.4 Å². The molecule has 0 saturated heterocycles. The summed E-state index contributed by atoms with van der Waals surface area (Å²) in [6.07, 6.45) is 0.582. The van der Waals surface area contributed by atoms with Gasteiger partial charge in [0.05, 0.1) is 4.90 Å². The molecule has 0 heterocycles. The number of carbonyl (C=O) groups is 1. The first-order valence-electron chi connectivity index (χ1n) is 7.46. The highest BCUT2D eigenvalue weighted by molar-refractivity contribution is 7.89. The smallest absolute Gasteiger partial charge is 0.251 e. The lowest BCUT2D eigenvalue weighted by Gasteiger charge is -2.11. The molecule has 0 aliphatic rings. The lowest BCUT2D eigenvalue weighted by Crippen LogP contribution is -2.26. The Hall–Kier alpha value is -1.60. The van der Waals surface area contributed by atoms with Crippen molar-refractivity contribution in [3.8, 4) is 0 Å². The molecule has 0 bridgehead atoms. The van der Waals surface area contributed by atoms with Crippen LogP contribution in [0, 0.1) is 0 Å². The fourth-order valence-electron chi connectivity index (χ4n) is 2.17. The minimum Gasteiger partial charge on any atom is -0.352 e. The number of rotatable bonds is 6. The number of hydrogen-bond acceptors (Lipinski definition) is 3. The van der Waals surface area contributed by atoms with Crippen molar-refractivity contribution in [2.75, 3.05) is 20.6 Å². The summed E-state index contributed by atoms with van der Waals surface area (Å²) in [5, 5.41) is 3.88. The number of halogens is 2. The molecule has 1 amide bonds. The SMILES string of the molecule is CN(C)S(=O)(=O)c1ccc(C(=O)NCCc2cc(Cl)cc(Cl)c2)cc1. The molecule has 2 aromatic carbocycles. The van der Waals surface area contributed by atoms with Crippen LogP contribution in [-0.4, -0.2) is 39.3 Å². The summed E-state index contributed by atoms with van der Waals surface area (Å²) in [7, 11) is -0.591. The third kappa shape index (κ3) is 5.19. The Kier molecular flexibility index (Phi) is 6.46. The Morgan fingerprint density at radius 3 is 2.12 bits per heavy atom. The van der Waals surface area contributed by atoms with Gasteiger partial charge in [0.25, 0.3) is 5.91 Å². The standard InChI is InChI=1S/C17H18Cl2N2O3S/c1-21(2)25(23,24)16-5-3-13(4-6-16)17(22)20-8-7-12-9-14(18)11-15(19)10-12/h3-6,9-11H,7-8H2,1-2H3,(H,20,22). The second-order valence-electron chi connectivity index (χ2n) is 5.60. The number of nitrogens with one attached hydrogen (secondary N) is 1. The van der Waals surface area contributed by atoms with Crippen molar-refractivity contribution in [1.29, 1.82) is 0 Å². The highest BCUT2D eigenvalue weighted by atomic mass is 35.5. The van der Waals surface area contributed by atoms with E-state index in [0.717, 1.165) is 9.87 Å². The molecule has 0 atom stereocenters. The Bertz CT molecular complexity index is 846. The van der Waals surface area contributed by atoms with Crippen LogP contribution < -0.4 is 5.32 Å². The van der Waals surface area contributed by atoms with Crippen molar-refractivity contribution in [2.45, 2.75) is 11.3 Å². The second-order valence-corrected chi connectivity index (χ2v) is 8.62. The van der Waals surface area contributed by atoms with Crippen molar-refractivity contribution in [3.63, 3.8) is 0 Å². The number of benzene rings is 2. The summed E-state index contributed by atoms with van der Waals surface area (Å²) >= 11 is 11.9. The monoisotopic (exact) mass is 400 g/mol. The fraction of sp³-hybridized carbons (Fsp3) is 0.235. The van der Waals surface area contributed by atoms with Gasteiger partial charge in [0.2, 0.25) is 10.0 Å². The van der Waals surface area contributed by atoms with Crippen LogP contribution in [0.1, 0.15) is 15.9 Å². The fourth-order valence-corrected chi connectivity index (χ4v) is 3.64. The maximum atomic E-state index is 12.1. The molecule has 1 N–H and O–H groups in total. The molecule has 0 radical (unpaired) electrons. The van der Waals surface area contributed by atoms with Gasteiger partial charge in [-0.15, -0.1) is 0 Å². The van der Waals surface area contributed by atoms with Crippen molar-refractivity contribution < 1.29 is 13.2 Å². The molecule has 5 nitrogen and oxygen atoms in total. The van der Waals surface area contributed by atoms with Gasteiger partial charge < -0.3 is 5.32 Å². The van der Waals surface area contributed by atoms with Gasteiger partial charge in [-0.2, -0.15) is 0 Å². The molecule has 0 aliphatic carbocycles. The van der Waals surface area contributed by atoms with Crippen LogP contribution in [0.5, 0.6) is 0 Å². The quantitative estimate of drug-likeness (QED) is 0.809. The molecule has 0 fully saturated rings. The van der Waals surface area contributed by atoms with Gasteiger partial charge in [-0.25, -0.2) is 12.7 Å². The lowest BCUT2D eigenvalue weighted by atomic mass is 10.1. The molecule has 0 saturated carbocycles. The van der Waals surface area contributed by atoms with E-state index in [-0.39, 0.29) is 10.8 Å². The minimum atomic E-state index is -3.50. The minimum absolute atomic E-state index is 0.141. The lowest BCUT2D eigenvalue weighted by molar-refractivity contribution is 0.0954. The maximum absolute atomic E-state index is 12.1. The molecule has 0 aromatic heterocycles. The van der Waals surface area contributed by atoms with Crippen LogP contribution in [0.3, 0.4) is 0 Å². The number of carbonyl (C=O) groups excluding carboxylic acids is 1. The van der Waals surface area contributed by atoms with Crippen LogP contribution >= 0.6 is 23.2 Å². The van der Waals surface area contributed by atoms with Gasteiger partial charge in [0.15, 0.2) is 0 Å². The van der Waals surface area contributed by atoms with Gasteiger partial charge in [-0.3, -0.25) is 4.79 Å². The van der Waals surface area contributed by atoms with Gasteiger partial charge in [-0.05, 0) is 54.4 Å². The van der Waals surface area contributed by atoms with Gasteiger partial charge in [0.1, 0.15) is 0 Å². The summed E-state index contributed by atoms with van der Waals surface area (Å²) in [4.78, 5) is 12.3. The molecule has 134 valence electrons. The average molecular weight is 401 g/mol. The number of sulfonamides is 1. The van der Waals surface area contributed by atoms with Crippen molar-refractivity contribution in [1.82, 2.24) is 9.62 Å². The van der Waals surface area contributed by atoms with E-state index in [0.29, 0.717) is 28.6 Å². The largest absolute Gasteiger partial charge is 0.352 e. The molecular weight excluding hydrogens is 383 g/mol. The molecule has 2 aromatic rings. The highest BCUT2D eigenvalue weighted by Crippen LogP contribution is 2.19. The van der Waals surface area contributed by atoms with Gasteiger partial charge in [-0.1, -0.05) is 23.2 Å². The van der Waals surface area contributed by atoms with Crippen molar-refractivity contribution in [2.24, 2.45) is 0 Å². The third-order valence-corrected chi connectivity index (χ3v) is 5.78. The third-order valence-electron chi connectivity index (χ3n) is 3.52. The van der Waals surface area contributed by atoms with Crippen LogP contribution in [0.15, 0.2) is 47.4 Å². The molecule has 2 rings (SSSR count). The second kappa shape index (κ2) is 8.19. The van der Waals surface area contributed by atoms with E-state index in [2.05, 4.69) is 5.32 Å². The van der Waals surface area contributed by atoms with E-state index in [1.165, 1.54) is 38.4 Å². The van der Waals surface area contributed by atoms with Gasteiger partial charge in [0, 0.05) is 36.2 Å². The first kappa shape index (κ1) is 19.7. The van der Waals surface area contributed by atoms with E-state index < -0.39 is 10.0 Å². The van der Waals surface area contributed by atoms with Gasteiger partial charge >= 0.3 is 0 Å². The number of hydrogen-bond donors (Lipinski definition) is 1. The highest BCUT2D eigenvalue weighted by Gasteiger charge is 2.17. The summed E-state index contributed by atoms with van der Waals surface area (Å²) in [5.74, 6) is -0.276. The zero-order chi connectivity index (χ0) is 18.6. The summed E-state index contributed by atoms with van der Waals surface area (Å²) in [5.41, 5.74) is 1.31. The predicted octanol–water partition coefficient (Wildman–Crippen LogP) is 3.22. The summed E-state index contributed by atoms with van der Waals surface area (Å²) in [6.45, 7) is 0.410. The molecule has 0 unspecified atom stereocenters. The summed E-state index contributed by atoms with van der Waals surface area (Å²) < 4.78 is 25.1. The van der Waals surface area contributed by atoms with Crippen LogP contribution in [0.25, 0.3) is 0 Å². The van der Waals surface area contributed by atoms with Crippen LogP contribution in [0.4, 0.5) is 0 Å². The van der Waals surface area contributed by atoms with Crippen LogP contribution in [0.2, 0.25) is 10.0 Å². The molecule has 0 aliphatic heterocycles. The molecule has 0 spiro atoms. The van der Waals surface area contributed by atoms with Crippen molar-refractivity contribution in [3.05, 3.63) is 63.6 Å². The molecule has 8 heteroatoms.